The molecule has 10 heteroatoms. The van der Waals surface area contributed by atoms with E-state index in [9.17, 15) is 19.2 Å². The lowest BCUT2D eigenvalue weighted by Gasteiger charge is -2.36. The minimum absolute atomic E-state index is 0.0116. The van der Waals surface area contributed by atoms with Gasteiger partial charge in [0.05, 0.1) is 6.54 Å². The minimum Gasteiger partial charge on any atom is -0.456 e. The molecule has 0 aliphatic carbocycles. The van der Waals surface area contributed by atoms with Gasteiger partial charge in [0, 0.05) is 49.9 Å². The van der Waals surface area contributed by atoms with E-state index in [4.69, 9.17) is 16.3 Å². The summed E-state index contributed by atoms with van der Waals surface area (Å²) < 4.78 is 5.04. The van der Waals surface area contributed by atoms with Crippen molar-refractivity contribution in [2.45, 2.75) is 12.8 Å². The molecule has 0 radical (unpaired) electrons. The number of hydrogen-bond donors (Lipinski definition) is 1. The smallest absolute Gasteiger partial charge is 0.324 e. The van der Waals surface area contributed by atoms with Crippen LogP contribution >= 0.6 is 11.6 Å². The second kappa shape index (κ2) is 9.60. The second-order valence-electron chi connectivity index (χ2n) is 6.82. The number of anilines is 1. The number of halogens is 1. The van der Waals surface area contributed by atoms with E-state index < -0.39 is 12.0 Å². The van der Waals surface area contributed by atoms with E-state index in [0.29, 0.717) is 37.6 Å². The highest BCUT2D eigenvalue weighted by atomic mass is 35.5. The number of imide groups is 1. The third-order valence-corrected chi connectivity index (χ3v) is 5.10. The van der Waals surface area contributed by atoms with Crippen LogP contribution in [0.3, 0.4) is 0 Å². The zero-order chi connectivity index (χ0) is 20.8. The van der Waals surface area contributed by atoms with Crippen molar-refractivity contribution >= 4 is 41.1 Å². The van der Waals surface area contributed by atoms with Gasteiger partial charge in [-0.05, 0) is 24.6 Å². The van der Waals surface area contributed by atoms with Crippen molar-refractivity contribution < 1.29 is 23.9 Å². The lowest BCUT2D eigenvalue weighted by atomic mass is 10.2. The Balaban J connectivity index is 1.34. The van der Waals surface area contributed by atoms with Crippen molar-refractivity contribution in [2.24, 2.45) is 0 Å². The van der Waals surface area contributed by atoms with Crippen LogP contribution in [0.2, 0.25) is 5.02 Å². The van der Waals surface area contributed by atoms with Crippen LogP contribution < -0.4 is 10.2 Å². The summed E-state index contributed by atoms with van der Waals surface area (Å²) in [4.78, 5) is 51.8. The summed E-state index contributed by atoms with van der Waals surface area (Å²) in [6.07, 6.45) is 0.331. The number of rotatable bonds is 7. The molecule has 0 atom stereocenters. The van der Waals surface area contributed by atoms with Gasteiger partial charge in [0.1, 0.15) is 0 Å². The van der Waals surface area contributed by atoms with Crippen LogP contribution in [0.5, 0.6) is 0 Å². The number of benzene rings is 1. The van der Waals surface area contributed by atoms with Crippen LogP contribution in [-0.2, 0) is 19.1 Å². The molecule has 4 amide bonds. The molecular formula is C19H23ClN4O5. The number of carbonyl (C=O) groups excluding carboxylic acids is 4. The van der Waals surface area contributed by atoms with Gasteiger partial charge in [-0.3, -0.25) is 19.3 Å². The second-order valence-corrected chi connectivity index (χ2v) is 7.25. The van der Waals surface area contributed by atoms with E-state index in [1.165, 1.54) is 0 Å². The van der Waals surface area contributed by atoms with Crippen molar-refractivity contribution in [1.29, 1.82) is 0 Å². The molecule has 9 nitrogen and oxygen atoms in total. The molecule has 1 N–H and O–H groups in total. The third kappa shape index (κ3) is 5.60. The SMILES string of the molecule is O=C(CCCN1C(=O)CNC1=O)OCC(=O)N1CCN(c2cccc(Cl)c2)CC1. The zero-order valence-corrected chi connectivity index (χ0v) is 16.7. The van der Waals surface area contributed by atoms with Crippen LogP contribution in [0, 0.1) is 0 Å². The summed E-state index contributed by atoms with van der Waals surface area (Å²) in [5.41, 5.74) is 1.01. The molecule has 3 rings (SSSR count). The topological polar surface area (TPSA) is 99.3 Å². The summed E-state index contributed by atoms with van der Waals surface area (Å²) in [6, 6.07) is 7.12. The number of amides is 4. The van der Waals surface area contributed by atoms with Crippen LogP contribution in [0.25, 0.3) is 0 Å². The Kier molecular flexibility index (Phi) is 6.92. The molecule has 2 fully saturated rings. The number of nitrogens with one attached hydrogen (secondary N) is 1. The Morgan fingerprint density at radius 3 is 2.55 bits per heavy atom. The van der Waals surface area contributed by atoms with Crippen LogP contribution in [0.4, 0.5) is 10.5 Å². The highest BCUT2D eigenvalue weighted by Crippen LogP contribution is 2.20. The Morgan fingerprint density at radius 1 is 1.14 bits per heavy atom. The van der Waals surface area contributed by atoms with Gasteiger partial charge in [0.25, 0.3) is 5.91 Å². The maximum atomic E-state index is 12.3. The quantitative estimate of drug-likeness (QED) is 0.517. The molecule has 29 heavy (non-hydrogen) atoms. The first-order chi connectivity index (χ1) is 13.9. The molecule has 2 aliphatic heterocycles. The molecule has 1 aromatic rings. The number of carbonyl (C=O) groups is 4. The number of hydrogen-bond acceptors (Lipinski definition) is 6. The van der Waals surface area contributed by atoms with Gasteiger partial charge in [-0.25, -0.2) is 4.79 Å². The monoisotopic (exact) mass is 422 g/mol. The fraction of sp³-hybridized carbons (Fsp3) is 0.474. The van der Waals surface area contributed by atoms with Crippen LogP contribution in [-0.4, -0.2) is 79.5 Å². The summed E-state index contributed by atoms with van der Waals surface area (Å²) >= 11 is 6.02. The van der Waals surface area contributed by atoms with Gasteiger partial charge >= 0.3 is 12.0 Å². The predicted octanol–water partition coefficient (Wildman–Crippen LogP) is 0.864. The number of ether oxygens (including phenoxy) is 1. The van der Waals surface area contributed by atoms with Crippen molar-refractivity contribution in [3.05, 3.63) is 29.3 Å². The highest BCUT2D eigenvalue weighted by molar-refractivity contribution is 6.30. The van der Waals surface area contributed by atoms with E-state index in [1.54, 1.807) is 4.90 Å². The van der Waals surface area contributed by atoms with Gasteiger partial charge in [0.15, 0.2) is 6.61 Å². The van der Waals surface area contributed by atoms with Crippen LogP contribution in [0.15, 0.2) is 24.3 Å². The first-order valence-corrected chi connectivity index (χ1v) is 9.84. The van der Waals surface area contributed by atoms with Crippen molar-refractivity contribution in [2.75, 3.05) is 50.8 Å². The first-order valence-electron chi connectivity index (χ1n) is 9.46. The van der Waals surface area contributed by atoms with Gasteiger partial charge in [0.2, 0.25) is 5.91 Å². The van der Waals surface area contributed by atoms with Crippen LogP contribution in [0.1, 0.15) is 12.8 Å². The lowest BCUT2D eigenvalue weighted by Crippen LogP contribution is -2.49. The van der Waals surface area contributed by atoms with Crippen molar-refractivity contribution in [1.82, 2.24) is 15.1 Å². The fourth-order valence-corrected chi connectivity index (χ4v) is 3.44. The molecule has 0 unspecified atom stereocenters. The summed E-state index contributed by atoms with van der Waals surface area (Å²) in [7, 11) is 0. The van der Waals surface area contributed by atoms with E-state index in [-0.39, 0.29) is 37.9 Å². The molecule has 0 aromatic heterocycles. The standard InChI is InChI=1S/C19H23ClN4O5/c20-14-3-1-4-15(11-14)22-7-9-23(10-8-22)17(26)13-29-18(27)5-2-6-24-16(25)12-21-19(24)28/h1,3-4,11H,2,5-10,12-13H2,(H,21,28). The summed E-state index contributed by atoms with van der Waals surface area (Å²) in [5.74, 6) is -1.07. The van der Waals surface area contributed by atoms with Crippen molar-refractivity contribution in [3.63, 3.8) is 0 Å². The maximum absolute atomic E-state index is 12.3. The Hall–Kier alpha value is -2.81. The lowest BCUT2D eigenvalue weighted by molar-refractivity contribution is -0.152. The molecule has 2 aliphatic rings. The van der Waals surface area contributed by atoms with E-state index >= 15 is 0 Å². The average Bonchev–Trinajstić information content (AvgIpc) is 3.04. The zero-order valence-electron chi connectivity index (χ0n) is 15.9. The average molecular weight is 423 g/mol. The third-order valence-electron chi connectivity index (χ3n) is 4.86. The number of nitrogens with zero attached hydrogens (tertiary/aromatic N) is 3. The van der Waals surface area contributed by atoms with Gasteiger partial charge < -0.3 is 19.9 Å². The maximum Gasteiger partial charge on any atom is 0.324 e. The number of esters is 1. The predicted molar refractivity (Wildman–Crippen MR) is 106 cm³/mol. The van der Waals surface area contributed by atoms with E-state index in [0.717, 1.165) is 10.6 Å². The molecule has 2 saturated heterocycles. The van der Waals surface area contributed by atoms with Gasteiger partial charge in [-0.15, -0.1) is 0 Å². The molecule has 1 aromatic carbocycles. The first kappa shape index (κ1) is 20.9. The molecule has 0 spiro atoms. The molecule has 156 valence electrons. The number of urea groups is 1. The normalized spacial score (nSPS) is 16.8. The molecular weight excluding hydrogens is 400 g/mol. The molecule has 2 heterocycles. The van der Waals surface area contributed by atoms with Gasteiger partial charge in [-0.1, -0.05) is 17.7 Å². The van der Waals surface area contributed by atoms with E-state index in [1.807, 2.05) is 24.3 Å². The largest absolute Gasteiger partial charge is 0.456 e. The Morgan fingerprint density at radius 2 is 1.90 bits per heavy atom. The highest BCUT2D eigenvalue weighted by Gasteiger charge is 2.28. The minimum atomic E-state index is -0.525. The van der Waals surface area contributed by atoms with Crippen molar-refractivity contribution in [3.8, 4) is 0 Å². The Labute approximate surface area is 173 Å². The van der Waals surface area contributed by atoms with E-state index in [2.05, 4.69) is 10.2 Å². The summed E-state index contributed by atoms with van der Waals surface area (Å²) in [6.45, 7) is 2.25. The summed E-state index contributed by atoms with van der Waals surface area (Å²) in [5, 5.41) is 3.08. The molecule has 0 saturated carbocycles. The molecule has 0 bridgehead atoms. The van der Waals surface area contributed by atoms with Gasteiger partial charge in [-0.2, -0.15) is 0 Å². The fourth-order valence-electron chi connectivity index (χ4n) is 3.26. The Bertz CT molecular complexity index is 779. The number of piperazine rings is 1.